The third-order valence-electron chi connectivity index (χ3n) is 2.07. The van der Waals surface area contributed by atoms with Crippen LogP contribution in [-0.2, 0) is 0 Å². The lowest BCUT2D eigenvalue weighted by Gasteiger charge is -2.04. The Bertz CT molecular complexity index is 521. The number of rotatable bonds is 1. The second-order valence-electron chi connectivity index (χ2n) is 3.07. The first-order valence-corrected chi connectivity index (χ1v) is 4.57. The normalized spacial score (nSPS) is 10.7. The quantitative estimate of drug-likeness (QED) is 0.703. The summed E-state index contributed by atoms with van der Waals surface area (Å²) >= 11 is 5.84. The largest absolute Gasteiger partial charge is 0.488 e. The Kier molecular flexibility index (Phi) is 2.60. The van der Waals surface area contributed by atoms with Crippen LogP contribution in [0.1, 0.15) is 0 Å². The van der Waals surface area contributed by atoms with Crippen LogP contribution in [0.25, 0.3) is 10.9 Å². The van der Waals surface area contributed by atoms with Crippen LogP contribution in [0.2, 0.25) is 5.02 Å². The molecule has 0 fully saturated rings. The molecule has 76 valence electrons. The first-order valence-electron chi connectivity index (χ1n) is 4.19. The van der Waals surface area contributed by atoms with Gasteiger partial charge in [0.1, 0.15) is 11.3 Å². The van der Waals surface area contributed by atoms with Crippen molar-refractivity contribution in [1.82, 2.24) is 4.98 Å². The smallest absolute Gasteiger partial charge is 0.423 e. The van der Waals surface area contributed by atoms with Gasteiger partial charge >= 0.3 is 7.12 Å². The molecule has 3 nitrogen and oxygen atoms in total. The van der Waals surface area contributed by atoms with Gasteiger partial charge in [-0.25, -0.2) is 4.39 Å². The van der Waals surface area contributed by atoms with E-state index in [-0.39, 0.29) is 11.0 Å². The van der Waals surface area contributed by atoms with E-state index in [1.807, 2.05) is 0 Å². The molecular weight excluding hydrogens is 219 g/mol. The summed E-state index contributed by atoms with van der Waals surface area (Å²) in [6.07, 6.45) is 1.39. The lowest BCUT2D eigenvalue weighted by molar-refractivity contribution is 0.425. The summed E-state index contributed by atoms with van der Waals surface area (Å²) in [4.78, 5) is 3.82. The molecular formula is C9H6BClFNO2. The first kappa shape index (κ1) is 10.4. The maximum Gasteiger partial charge on any atom is 0.488 e. The van der Waals surface area contributed by atoms with E-state index in [0.717, 1.165) is 6.07 Å². The molecule has 0 radical (unpaired) electrons. The maximum absolute atomic E-state index is 13.4. The maximum atomic E-state index is 13.4. The van der Waals surface area contributed by atoms with Crippen LogP contribution in [0.4, 0.5) is 4.39 Å². The Morgan fingerprint density at radius 3 is 2.73 bits per heavy atom. The zero-order valence-corrected chi connectivity index (χ0v) is 8.24. The highest BCUT2D eigenvalue weighted by molar-refractivity contribution is 6.59. The van der Waals surface area contributed by atoms with Crippen molar-refractivity contribution in [2.24, 2.45) is 0 Å². The highest BCUT2D eigenvalue weighted by Crippen LogP contribution is 2.22. The molecule has 0 bridgehead atoms. The van der Waals surface area contributed by atoms with Crippen molar-refractivity contribution in [2.45, 2.75) is 0 Å². The molecule has 6 heteroatoms. The van der Waals surface area contributed by atoms with Crippen molar-refractivity contribution in [3.05, 3.63) is 35.2 Å². The Morgan fingerprint density at radius 2 is 2.07 bits per heavy atom. The fraction of sp³-hybridized carbons (Fsp3) is 0. The number of benzene rings is 1. The SMILES string of the molecule is OB(O)c1cc(F)c2nccc(Cl)c2c1. The summed E-state index contributed by atoms with van der Waals surface area (Å²) in [5, 5.41) is 18.5. The molecule has 1 aromatic heterocycles. The Hall–Kier alpha value is -1.17. The van der Waals surface area contributed by atoms with Gasteiger partial charge in [0, 0.05) is 11.6 Å². The number of nitrogens with zero attached hydrogens (tertiary/aromatic N) is 1. The second-order valence-corrected chi connectivity index (χ2v) is 3.47. The van der Waals surface area contributed by atoms with E-state index in [0.29, 0.717) is 10.4 Å². The minimum atomic E-state index is -1.72. The molecule has 2 N–H and O–H groups in total. The van der Waals surface area contributed by atoms with Crippen molar-refractivity contribution in [3.8, 4) is 0 Å². The standard InChI is InChI=1S/C9H6BClFNO2/c11-7-1-2-13-9-6(7)3-5(10(14)15)4-8(9)12/h1-4,14-15H. The zero-order chi connectivity index (χ0) is 11.0. The molecule has 2 rings (SSSR count). The molecule has 0 aliphatic heterocycles. The second kappa shape index (κ2) is 3.77. The summed E-state index contributed by atoms with van der Waals surface area (Å²) in [7, 11) is -1.72. The molecule has 0 saturated heterocycles. The van der Waals surface area contributed by atoms with Crippen molar-refractivity contribution in [2.75, 3.05) is 0 Å². The number of pyridine rings is 1. The highest BCUT2D eigenvalue weighted by atomic mass is 35.5. The van der Waals surface area contributed by atoms with Gasteiger partial charge in [-0.3, -0.25) is 4.98 Å². The van der Waals surface area contributed by atoms with Gasteiger partial charge in [0.05, 0.1) is 5.02 Å². The van der Waals surface area contributed by atoms with E-state index in [9.17, 15) is 4.39 Å². The third-order valence-corrected chi connectivity index (χ3v) is 2.40. The van der Waals surface area contributed by atoms with E-state index in [1.54, 1.807) is 0 Å². The van der Waals surface area contributed by atoms with Crippen LogP contribution in [0.15, 0.2) is 24.4 Å². The van der Waals surface area contributed by atoms with Crippen LogP contribution >= 0.6 is 11.6 Å². The van der Waals surface area contributed by atoms with E-state index in [2.05, 4.69) is 4.98 Å². The third kappa shape index (κ3) is 1.81. The summed E-state index contributed by atoms with van der Waals surface area (Å²) in [5.41, 5.74) is 0.168. The predicted octanol–water partition coefficient (Wildman–Crippen LogP) is 0.707. The van der Waals surface area contributed by atoms with E-state index >= 15 is 0 Å². The van der Waals surface area contributed by atoms with Crippen LogP contribution in [0.5, 0.6) is 0 Å². The van der Waals surface area contributed by atoms with Gasteiger partial charge in [0.2, 0.25) is 0 Å². The summed E-state index contributed by atoms with van der Waals surface area (Å²) in [5.74, 6) is -0.627. The van der Waals surface area contributed by atoms with Crippen LogP contribution in [-0.4, -0.2) is 22.2 Å². The fourth-order valence-electron chi connectivity index (χ4n) is 1.35. The number of hydrogen-bond donors (Lipinski definition) is 2. The van der Waals surface area contributed by atoms with Crippen molar-refractivity contribution < 1.29 is 14.4 Å². The number of hydrogen-bond acceptors (Lipinski definition) is 3. The first-order chi connectivity index (χ1) is 7.09. The van der Waals surface area contributed by atoms with Gasteiger partial charge in [-0.2, -0.15) is 0 Å². The fourth-order valence-corrected chi connectivity index (χ4v) is 1.55. The van der Waals surface area contributed by atoms with Gasteiger partial charge in [-0.1, -0.05) is 17.7 Å². The minimum absolute atomic E-state index is 0.0508. The Balaban J connectivity index is 2.80. The monoisotopic (exact) mass is 225 g/mol. The predicted molar refractivity (Wildman–Crippen MR) is 56.5 cm³/mol. The number of halogens is 2. The lowest BCUT2D eigenvalue weighted by Crippen LogP contribution is -2.30. The van der Waals surface area contributed by atoms with Gasteiger partial charge in [-0.15, -0.1) is 0 Å². The summed E-state index contributed by atoms with van der Waals surface area (Å²) < 4.78 is 13.4. The van der Waals surface area contributed by atoms with E-state index in [4.69, 9.17) is 21.6 Å². The lowest BCUT2D eigenvalue weighted by atomic mass is 9.79. The average molecular weight is 225 g/mol. The van der Waals surface area contributed by atoms with E-state index < -0.39 is 12.9 Å². The summed E-state index contributed by atoms with van der Waals surface area (Å²) in [6, 6.07) is 3.94. The Morgan fingerprint density at radius 1 is 1.33 bits per heavy atom. The molecule has 0 spiro atoms. The van der Waals surface area contributed by atoms with Gasteiger partial charge < -0.3 is 10.0 Å². The average Bonchev–Trinajstić information content (AvgIpc) is 2.19. The topological polar surface area (TPSA) is 53.4 Å². The molecule has 0 aliphatic rings. The van der Waals surface area contributed by atoms with Crippen LogP contribution < -0.4 is 5.46 Å². The molecule has 0 saturated carbocycles. The molecule has 2 aromatic rings. The molecule has 0 unspecified atom stereocenters. The number of aromatic nitrogens is 1. The van der Waals surface area contributed by atoms with Gasteiger partial charge in [0.15, 0.2) is 0 Å². The van der Waals surface area contributed by atoms with Gasteiger partial charge in [-0.05, 0) is 17.6 Å². The van der Waals surface area contributed by atoms with Crippen LogP contribution in [0.3, 0.4) is 0 Å². The molecule has 1 aromatic carbocycles. The minimum Gasteiger partial charge on any atom is -0.423 e. The van der Waals surface area contributed by atoms with Crippen molar-refractivity contribution >= 4 is 35.1 Å². The van der Waals surface area contributed by atoms with Gasteiger partial charge in [0.25, 0.3) is 0 Å². The Labute approximate surface area is 90.3 Å². The highest BCUT2D eigenvalue weighted by Gasteiger charge is 2.15. The molecule has 0 amide bonds. The molecule has 1 heterocycles. The summed E-state index contributed by atoms with van der Waals surface area (Å²) in [6.45, 7) is 0. The zero-order valence-electron chi connectivity index (χ0n) is 7.48. The molecule has 0 aliphatic carbocycles. The molecule has 15 heavy (non-hydrogen) atoms. The van der Waals surface area contributed by atoms with Crippen molar-refractivity contribution in [3.63, 3.8) is 0 Å². The van der Waals surface area contributed by atoms with Crippen LogP contribution in [0, 0.1) is 5.82 Å². The van der Waals surface area contributed by atoms with E-state index in [1.165, 1.54) is 18.3 Å². The molecule has 0 atom stereocenters. The van der Waals surface area contributed by atoms with Crippen molar-refractivity contribution in [1.29, 1.82) is 0 Å². The number of fused-ring (bicyclic) bond motifs is 1.